The van der Waals surface area contributed by atoms with E-state index in [-0.39, 0.29) is 17.6 Å². The molecule has 25 heavy (non-hydrogen) atoms. The molecule has 1 atom stereocenters. The van der Waals surface area contributed by atoms with Gasteiger partial charge in [-0.25, -0.2) is 4.79 Å². The summed E-state index contributed by atoms with van der Waals surface area (Å²) < 4.78 is 0. The molecule has 1 aromatic carbocycles. The van der Waals surface area contributed by atoms with Crippen LogP contribution in [0.1, 0.15) is 43.7 Å². The quantitative estimate of drug-likeness (QED) is 0.782. The summed E-state index contributed by atoms with van der Waals surface area (Å²) in [4.78, 5) is 23.3. The van der Waals surface area contributed by atoms with E-state index in [1.165, 1.54) is 11.1 Å². The van der Waals surface area contributed by atoms with Crippen LogP contribution in [-0.2, 0) is 11.2 Å². The Hall–Kier alpha value is -2.08. The number of nitrogens with two attached hydrogens (primary N) is 1. The Morgan fingerprint density at radius 3 is 2.56 bits per heavy atom. The van der Waals surface area contributed by atoms with Gasteiger partial charge in [-0.2, -0.15) is 0 Å². The van der Waals surface area contributed by atoms with Gasteiger partial charge in [-0.3, -0.25) is 4.79 Å². The van der Waals surface area contributed by atoms with Crippen LogP contribution in [0, 0.1) is 6.92 Å². The molecule has 6 heteroatoms. The van der Waals surface area contributed by atoms with Gasteiger partial charge in [0.1, 0.15) is 0 Å². The third kappa shape index (κ3) is 6.05. The van der Waals surface area contributed by atoms with Crippen LogP contribution in [0.2, 0.25) is 0 Å². The SMILES string of the molecule is CC(=O)O.Cc1ccccc1CC1(NC(=O)N2CCC[C@H](N)C2)CC1. The van der Waals surface area contributed by atoms with Crippen molar-refractivity contribution in [2.45, 2.75) is 57.5 Å². The molecular weight excluding hydrogens is 318 g/mol. The number of hydrogen-bond donors (Lipinski definition) is 3. The Bertz CT molecular complexity index is 610. The fourth-order valence-electron chi connectivity index (χ4n) is 3.17. The zero-order valence-electron chi connectivity index (χ0n) is 15.1. The van der Waals surface area contributed by atoms with E-state index >= 15 is 0 Å². The lowest BCUT2D eigenvalue weighted by Crippen LogP contribution is -2.52. The number of amides is 2. The highest BCUT2D eigenvalue weighted by Gasteiger charge is 2.45. The normalized spacial score (nSPS) is 20.9. The van der Waals surface area contributed by atoms with Crippen molar-refractivity contribution in [3.05, 3.63) is 35.4 Å². The van der Waals surface area contributed by atoms with Gasteiger partial charge in [0.05, 0.1) is 0 Å². The lowest BCUT2D eigenvalue weighted by molar-refractivity contribution is -0.134. The molecule has 1 heterocycles. The van der Waals surface area contributed by atoms with E-state index in [0.29, 0.717) is 6.54 Å². The van der Waals surface area contributed by atoms with Gasteiger partial charge in [-0.05, 0) is 50.2 Å². The van der Waals surface area contributed by atoms with E-state index in [1.54, 1.807) is 0 Å². The summed E-state index contributed by atoms with van der Waals surface area (Å²) in [7, 11) is 0. The number of carbonyl (C=O) groups excluding carboxylic acids is 1. The van der Waals surface area contributed by atoms with Crippen molar-refractivity contribution in [3.63, 3.8) is 0 Å². The first-order valence-electron chi connectivity index (χ1n) is 8.88. The largest absolute Gasteiger partial charge is 0.481 e. The number of benzene rings is 1. The molecule has 0 radical (unpaired) electrons. The Balaban J connectivity index is 0.000000511. The molecule has 2 amide bonds. The van der Waals surface area contributed by atoms with Crippen LogP contribution in [0.4, 0.5) is 4.79 Å². The van der Waals surface area contributed by atoms with Gasteiger partial charge in [-0.1, -0.05) is 24.3 Å². The summed E-state index contributed by atoms with van der Waals surface area (Å²) in [5.74, 6) is -0.833. The van der Waals surface area contributed by atoms with Crippen molar-refractivity contribution in [1.29, 1.82) is 0 Å². The van der Waals surface area contributed by atoms with E-state index in [1.807, 2.05) is 4.90 Å². The maximum absolute atomic E-state index is 12.4. The number of carbonyl (C=O) groups is 2. The Morgan fingerprint density at radius 1 is 1.36 bits per heavy atom. The number of rotatable bonds is 3. The minimum Gasteiger partial charge on any atom is -0.481 e. The number of carboxylic acid groups (broad SMARTS) is 1. The van der Waals surface area contributed by atoms with Crippen LogP contribution in [0.5, 0.6) is 0 Å². The monoisotopic (exact) mass is 347 g/mol. The van der Waals surface area contributed by atoms with Crippen LogP contribution in [0.25, 0.3) is 0 Å². The summed E-state index contributed by atoms with van der Waals surface area (Å²) in [6, 6.07) is 8.64. The molecule has 0 unspecified atom stereocenters. The van der Waals surface area contributed by atoms with Crippen molar-refractivity contribution in [2.75, 3.05) is 13.1 Å². The number of hydrogen-bond acceptors (Lipinski definition) is 3. The fraction of sp³-hybridized carbons (Fsp3) is 0.579. The number of nitrogens with one attached hydrogen (secondary N) is 1. The second-order valence-corrected chi connectivity index (χ2v) is 7.18. The predicted molar refractivity (Wildman–Crippen MR) is 97.5 cm³/mol. The van der Waals surface area contributed by atoms with Gasteiger partial charge in [0.2, 0.25) is 0 Å². The van der Waals surface area contributed by atoms with Gasteiger partial charge in [0, 0.05) is 31.6 Å². The van der Waals surface area contributed by atoms with E-state index in [9.17, 15) is 4.79 Å². The summed E-state index contributed by atoms with van der Waals surface area (Å²) in [5, 5.41) is 10.7. The fourth-order valence-corrected chi connectivity index (χ4v) is 3.17. The smallest absolute Gasteiger partial charge is 0.317 e. The van der Waals surface area contributed by atoms with E-state index in [0.717, 1.165) is 45.6 Å². The van der Waals surface area contributed by atoms with Crippen LogP contribution in [0.3, 0.4) is 0 Å². The molecule has 6 nitrogen and oxygen atoms in total. The van der Waals surface area contributed by atoms with Crippen molar-refractivity contribution in [1.82, 2.24) is 10.2 Å². The van der Waals surface area contributed by atoms with Crippen LogP contribution in [0.15, 0.2) is 24.3 Å². The molecular formula is C19H29N3O3. The summed E-state index contributed by atoms with van der Waals surface area (Å²) in [5.41, 5.74) is 8.58. The molecule has 0 aromatic heterocycles. The van der Waals surface area contributed by atoms with E-state index in [2.05, 4.69) is 36.5 Å². The molecule has 1 aliphatic heterocycles. The minimum atomic E-state index is -0.833. The number of urea groups is 1. The Labute approximate surface area is 149 Å². The zero-order chi connectivity index (χ0) is 18.4. The number of nitrogens with zero attached hydrogens (tertiary/aromatic N) is 1. The maximum Gasteiger partial charge on any atom is 0.317 e. The molecule has 2 aliphatic rings. The highest BCUT2D eigenvalue weighted by Crippen LogP contribution is 2.39. The third-order valence-corrected chi connectivity index (χ3v) is 4.76. The predicted octanol–water partition coefficient (Wildman–Crippen LogP) is 2.29. The van der Waals surface area contributed by atoms with Gasteiger partial charge in [0.15, 0.2) is 0 Å². The molecule has 2 fully saturated rings. The van der Waals surface area contributed by atoms with Crippen molar-refractivity contribution >= 4 is 12.0 Å². The first-order chi connectivity index (χ1) is 11.8. The maximum atomic E-state index is 12.4. The number of aliphatic carboxylic acids is 1. The Kier molecular flexibility index (Phi) is 6.42. The molecule has 0 bridgehead atoms. The second kappa shape index (κ2) is 8.34. The Morgan fingerprint density at radius 2 is 2.00 bits per heavy atom. The third-order valence-electron chi connectivity index (χ3n) is 4.76. The lowest BCUT2D eigenvalue weighted by Gasteiger charge is -2.32. The molecule has 1 saturated heterocycles. The number of aryl methyl sites for hydroxylation is 1. The summed E-state index contributed by atoms with van der Waals surface area (Å²) >= 11 is 0. The second-order valence-electron chi connectivity index (χ2n) is 7.18. The van der Waals surface area contributed by atoms with Crippen LogP contribution < -0.4 is 11.1 Å². The number of likely N-dealkylation sites (tertiary alicyclic amines) is 1. The lowest BCUT2D eigenvalue weighted by atomic mass is 9.99. The molecule has 1 saturated carbocycles. The molecule has 138 valence electrons. The number of carboxylic acids is 1. The van der Waals surface area contributed by atoms with Gasteiger partial charge in [0.25, 0.3) is 5.97 Å². The first kappa shape index (κ1) is 19.2. The summed E-state index contributed by atoms with van der Waals surface area (Å²) in [6.07, 6.45) is 5.13. The molecule has 1 aromatic rings. The van der Waals surface area contributed by atoms with Crippen LogP contribution in [-0.4, -0.2) is 46.7 Å². The minimum absolute atomic E-state index is 0.0231. The van der Waals surface area contributed by atoms with Crippen LogP contribution >= 0.6 is 0 Å². The highest BCUT2D eigenvalue weighted by atomic mass is 16.4. The average Bonchev–Trinajstić information content (AvgIpc) is 3.28. The first-order valence-corrected chi connectivity index (χ1v) is 8.88. The zero-order valence-corrected chi connectivity index (χ0v) is 15.1. The van der Waals surface area contributed by atoms with Crippen molar-refractivity contribution < 1.29 is 14.7 Å². The van der Waals surface area contributed by atoms with Gasteiger partial charge in [-0.15, -0.1) is 0 Å². The average molecular weight is 347 g/mol. The van der Waals surface area contributed by atoms with Crippen molar-refractivity contribution in [3.8, 4) is 0 Å². The molecule has 3 rings (SSSR count). The topological polar surface area (TPSA) is 95.7 Å². The molecule has 1 aliphatic carbocycles. The van der Waals surface area contributed by atoms with E-state index in [4.69, 9.17) is 15.6 Å². The highest BCUT2D eigenvalue weighted by molar-refractivity contribution is 5.76. The molecule has 4 N–H and O–H groups in total. The van der Waals surface area contributed by atoms with Gasteiger partial charge >= 0.3 is 6.03 Å². The summed E-state index contributed by atoms with van der Waals surface area (Å²) in [6.45, 7) is 4.74. The van der Waals surface area contributed by atoms with E-state index < -0.39 is 5.97 Å². The van der Waals surface area contributed by atoms with Gasteiger partial charge < -0.3 is 21.1 Å². The van der Waals surface area contributed by atoms with Crippen molar-refractivity contribution in [2.24, 2.45) is 5.73 Å². The number of piperidine rings is 1. The molecule has 0 spiro atoms. The standard InChI is InChI=1S/C17H25N3O.C2H4O2/c1-13-5-2-3-6-14(13)11-17(8-9-17)19-16(21)20-10-4-7-15(18)12-20;1-2(3)4/h2-3,5-6,15H,4,7-12,18H2,1H3,(H,19,21);1H3,(H,3,4)/t15-;/m0./s1.